The molecule has 0 aliphatic carbocycles. The molecule has 0 fully saturated rings. The van der Waals surface area contributed by atoms with E-state index in [1.165, 1.54) is 6.08 Å². The number of aliphatic carboxylic acids is 1. The van der Waals surface area contributed by atoms with Gasteiger partial charge in [0.1, 0.15) is 5.75 Å². The molecule has 0 bridgehead atoms. The predicted octanol–water partition coefficient (Wildman–Crippen LogP) is 1.95. The zero-order valence-corrected chi connectivity index (χ0v) is 11.9. The number of hydrogen-bond acceptors (Lipinski definition) is 3. The Kier molecular flexibility index (Phi) is 5.77. The van der Waals surface area contributed by atoms with Gasteiger partial charge in [-0.1, -0.05) is 18.2 Å². The molecule has 0 aromatic heterocycles. The topological polar surface area (TPSA) is 66.8 Å². The van der Waals surface area contributed by atoms with E-state index < -0.39 is 5.97 Å². The molecule has 1 N–H and O–H groups in total. The van der Waals surface area contributed by atoms with Gasteiger partial charge >= 0.3 is 5.97 Å². The van der Waals surface area contributed by atoms with Crippen molar-refractivity contribution < 1.29 is 19.4 Å². The fourth-order valence-electron chi connectivity index (χ4n) is 1.59. The molecule has 0 unspecified atom stereocenters. The van der Waals surface area contributed by atoms with Crippen LogP contribution in [0.5, 0.6) is 5.75 Å². The van der Waals surface area contributed by atoms with Crippen molar-refractivity contribution in [2.45, 2.75) is 13.8 Å². The van der Waals surface area contributed by atoms with Crippen molar-refractivity contribution in [3.05, 3.63) is 35.4 Å². The number of amides is 1. The minimum atomic E-state index is -1.03. The van der Waals surface area contributed by atoms with E-state index in [9.17, 15) is 9.59 Å². The molecule has 20 heavy (non-hydrogen) atoms. The molecular formula is C15H19NO4. The van der Waals surface area contributed by atoms with E-state index in [-0.39, 0.29) is 12.5 Å². The van der Waals surface area contributed by atoms with E-state index in [1.54, 1.807) is 18.0 Å². The number of carboxylic acid groups (broad SMARTS) is 1. The Balaban J connectivity index is 2.88. The van der Waals surface area contributed by atoms with Gasteiger partial charge in [0.2, 0.25) is 0 Å². The van der Waals surface area contributed by atoms with Crippen LogP contribution in [0.15, 0.2) is 24.3 Å². The van der Waals surface area contributed by atoms with Crippen LogP contribution in [0, 0.1) is 6.92 Å². The second-order valence-electron chi connectivity index (χ2n) is 4.36. The van der Waals surface area contributed by atoms with Gasteiger partial charge in [-0.25, -0.2) is 4.79 Å². The first kappa shape index (κ1) is 15.8. The summed E-state index contributed by atoms with van der Waals surface area (Å²) in [6, 6.07) is 5.40. The monoisotopic (exact) mass is 277 g/mol. The highest BCUT2D eigenvalue weighted by Gasteiger charge is 2.10. The fraction of sp³-hybridized carbons (Fsp3) is 0.333. The van der Waals surface area contributed by atoms with Crippen LogP contribution >= 0.6 is 0 Å². The first-order valence-corrected chi connectivity index (χ1v) is 6.33. The van der Waals surface area contributed by atoms with Crippen molar-refractivity contribution in [3.63, 3.8) is 0 Å². The highest BCUT2D eigenvalue weighted by atomic mass is 16.5. The second-order valence-corrected chi connectivity index (χ2v) is 4.36. The predicted molar refractivity (Wildman–Crippen MR) is 76.7 cm³/mol. The molecule has 0 aliphatic rings. The number of rotatable bonds is 6. The van der Waals surface area contributed by atoms with Crippen LogP contribution in [0.1, 0.15) is 18.1 Å². The molecule has 1 amide bonds. The Labute approximate surface area is 118 Å². The number of hydrogen-bond donors (Lipinski definition) is 1. The van der Waals surface area contributed by atoms with E-state index in [0.29, 0.717) is 17.9 Å². The molecule has 0 saturated heterocycles. The number of carbonyl (C=O) groups is 2. The average molecular weight is 277 g/mol. The average Bonchev–Trinajstić information content (AvgIpc) is 2.42. The minimum Gasteiger partial charge on any atom is -0.483 e. The first-order chi connectivity index (χ1) is 9.45. The van der Waals surface area contributed by atoms with Crippen LogP contribution < -0.4 is 4.74 Å². The van der Waals surface area contributed by atoms with Gasteiger partial charge in [0.05, 0.1) is 0 Å². The van der Waals surface area contributed by atoms with Gasteiger partial charge < -0.3 is 14.7 Å². The Bertz CT molecular complexity index is 523. The van der Waals surface area contributed by atoms with E-state index in [1.807, 2.05) is 26.0 Å². The molecule has 108 valence electrons. The molecule has 1 aromatic carbocycles. The van der Waals surface area contributed by atoms with Crippen molar-refractivity contribution in [2.75, 3.05) is 20.2 Å². The highest BCUT2D eigenvalue weighted by Crippen LogP contribution is 2.24. The summed E-state index contributed by atoms with van der Waals surface area (Å²) in [7, 11) is 1.70. The van der Waals surface area contributed by atoms with Crippen molar-refractivity contribution in [3.8, 4) is 5.75 Å². The van der Waals surface area contributed by atoms with Crippen LogP contribution in [0.4, 0.5) is 0 Å². The highest BCUT2D eigenvalue weighted by molar-refractivity contribution is 5.86. The summed E-state index contributed by atoms with van der Waals surface area (Å²) < 4.78 is 5.55. The summed E-state index contributed by atoms with van der Waals surface area (Å²) in [5.41, 5.74) is 1.49. The van der Waals surface area contributed by atoms with E-state index in [4.69, 9.17) is 9.84 Å². The summed E-state index contributed by atoms with van der Waals surface area (Å²) in [6.45, 7) is 4.28. The van der Waals surface area contributed by atoms with Gasteiger partial charge in [-0.05, 0) is 25.5 Å². The van der Waals surface area contributed by atoms with Crippen molar-refractivity contribution in [2.24, 2.45) is 0 Å². The standard InChI is InChI=1S/C15H19NO4/c1-4-16(3)13(17)10-20-15-11(2)6-5-7-12(15)8-9-14(18)19/h5-9H,4,10H2,1-3H3,(H,18,19)/b9-8+. The molecule has 5 nitrogen and oxygen atoms in total. The summed E-state index contributed by atoms with van der Waals surface area (Å²) in [6.07, 6.45) is 2.50. The van der Waals surface area contributed by atoms with Gasteiger partial charge in [-0.2, -0.15) is 0 Å². The zero-order chi connectivity index (χ0) is 15.1. The normalized spacial score (nSPS) is 10.6. The third kappa shape index (κ3) is 4.42. The van der Waals surface area contributed by atoms with Gasteiger partial charge in [-0.3, -0.25) is 4.79 Å². The molecule has 0 atom stereocenters. The summed E-state index contributed by atoms with van der Waals surface area (Å²) in [4.78, 5) is 23.9. The number of ether oxygens (including phenoxy) is 1. The molecule has 0 saturated carbocycles. The van der Waals surface area contributed by atoms with Crippen LogP contribution in [0.3, 0.4) is 0 Å². The Morgan fingerprint density at radius 3 is 2.70 bits per heavy atom. The van der Waals surface area contributed by atoms with Crippen LogP contribution in [0.2, 0.25) is 0 Å². The SMILES string of the molecule is CCN(C)C(=O)COc1c(C)cccc1/C=C/C(=O)O. The van der Waals surface area contributed by atoms with Crippen molar-refractivity contribution in [1.82, 2.24) is 4.90 Å². The number of carboxylic acids is 1. The smallest absolute Gasteiger partial charge is 0.328 e. The molecule has 1 rings (SSSR count). The molecule has 0 radical (unpaired) electrons. The van der Waals surface area contributed by atoms with Crippen LogP contribution in [-0.2, 0) is 9.59 Å². The third-order valence-corrected chi connectivity index (χ3v) is 2.89. The number of aryl methyl sites for hydroxylation is 1. The maximum atomic E-state index is 11.7. The van der Waals surface area contributed by atoms with E-state index in [0.717, 1.165) is 11.6 Å². The number of nitrogens with zero attached hydrogens (tertiary/aromatic N) is 1. The van der Waals surface area contributed by atoms with Crippen molar-refractivity contribution >= 4 is 18.0 Å². The molecule has 5 heteroatoms. The molecule has 0 spiro atoms. The summed E-state index contributed by atoms with van der Waals surface area (Å²) in [5.74, 6) is -0.619. The molecule has 0 aliphatic heterocycles. The lowest BCUT2D eigenvalue weighted by Gasteiger charge is -2.16. The van der Waals surface area contributed by atoms with Crippen LogP contribution in [0.25, 0.3) is 6.08 Å². The maximum Gasteiger partial charge on any atom is 0.328 e. The second kappa shape index (κ2) is 7.33. The fourth-order valence-corrected chi connectivity index (χ4v) is 1.59. The molecular weight excluding hydrogens is 258 g/mol. The van der Waals surface area contributed by atoms with Gasteiger partial charge in [0.25, 0.3) is 5.91 Å². The van der Waals surface area contributed by atoms with Crippen LogP contribution in [-0.4, -0.2) is 42.1 Å². The zero-order valence-electron chi connectivity index (χ0n) is 11.9. The minimum absolute atomic E-state index is 0.0664. The summed E-state index contributed by atoms with van der Waals surface area (Å²) >= 11 is 0. The lowest BCUT2D eigenvalue weighted by atomic mass is 10.1. The largest absolute Gasteiger partial charge is 0.483 e. The number of carbonyl (C=O) groups excluding carboxylic acids is 1. The van der Waals surface area contributed by atoms with E-state index >= 15 is 0 Å². The van der Waals surface area contributed by atoms with Gasteiger partial charge in [0, 0.05) is 25.2 Å². The van der Waals surface area contributed by atoms with Gasteiger partial charge in [-0.15, -0.1) is 0 Å². The molecule has 0 heterocycles. The quantitative estimate of drug-likeness (QED) is 0.807. The van der Waals surface area contributed by atoms with Crippen molar-refractivity contribution in [1.29, 1.82) is 0 Å². The Morgan fingerprint density at radius 2 is 2.10 bits per heavy atom. The summed E-state index contributed by atoms with van der Waals surface area (Å²) in [5, 5.41) is 8.67. The van der Waals surface area contributed by atoms with Gasteiger partial charge in [0.15, 0.2) is 6.61 Å². The van der Waals surface area contributed by atoms with E-state index in [2.05, 4.69) is 0 Å². The first-order valence-electron chi connectivity index (χ1n) is 6.33. The Hall–Kier alpha value is -2.30. The molecule has 1 aromatic rings. The number of para-hydroxylation sites is 1. The number of likely N-dealkylation sites (N-methyl/N-ethyl adjacent to an activating group) is 1. The Morgan fingerprint density at radius 1 is 1.40 bits per heavy atom. The maximum absolute atomic E-state index is 11.7. The lowest BCUT2D eigenvalue weighted by Crippen LogP contribution is -2.31. The third-order valence-electron chi connectivity index (χ3n) is 2.89. The number of benzene rings is 1. The lowest BCUT2D eigenvalue weighted by molar-refractivity contribution is -0.132.